The standard InChI is InChI=1S/C13H13BrCl2N2OS/c1-3-8-12(14)9(18(4-2)17-8)6-10(19)7-5-11(15)20-13(7)16/h5H,3-4,6H2,1-2H3. The fourth-order valence-corrected chi connectivity index (χ4v) is 4.17. The van der Waals surface area contributed by atoms with Crippen molar-refractivity contribution in [2.24, 2.45) is 0 Å². The first-order chi connectivity index (χ1) is 9.47. The summed E-state index contributed by atoms with van der Waals surface area (Å²) in [5, 5.41) is 4.48. The minimum Gasteiger partial charge on any atom is -0.294 e. The van der Waals surface area contributed by atoms with Crippen molar-refractivity contribution in [1.29, 1.82) is 0 Å². The van der Waals surface area contributed by atoms with Gasteiger partial charge < -0.3 is 0 Å². The van der Waals surface area contributed by atoms with E-state index in [4.69, 9.17) is 23.2 Å². The SMILES string of the molecule is CCc1nn(CC)c(CC(=O)c2cc(Cl)sc2Cl)c1Br. The summed E-state index contributed by atoms with van der Waals surface area (Å²) < 4.78 is 3.72. The summed E-state index contributed by atoms with van der Waals surface area (Å²) in [6, 6.07) is 1.62. The van der Waals surface area contributed by atoms with Gasteiger partial charge in [-0.25, -0.2) is 0 Å². The minimum atomic E-state index is -0.0453. The molecule has 2 heterocycles. The van der Waals surface area contributed by atoms with Gasteiger partial charge in [0.1, 0.15) is 4.34 Å². The van der Waals surface area contributed by atoms with E-state index in [0.717, 1.165) is 28.8 Å². The number of halogens is 3. The molecule has 0 amide bonds. The van der Waals surface area contributed by atoms with Crippen LogP contribution in [-0.2, 0) is 19.4 Å². The number of carbonyl (C=O) groups excluding carboxylic acids is 1. The molecule has 0 unspecified atom stereocenters. The normalized spacial score (nSPS) is 11.1. The van der Waals surface area contributed by atoms with Gasteiger partial charge in [-0.1, -0.05) is 30.1 Å². The lowest BCUT2D eigenvalue weighted by atomic mass is 10.1. The molecule has 0 saturated heterocycles. The second kappa shape index (κ2) is 6.60. The van der Waals surface area contributed by atoms with Crippen LogP contribution < -0.4 is 0 Å². The maximum Gasteiger partial charge on any atom is 0.171 e. The van der Waals surface area contributed by atoms with E-state index in [1.807, 2.05) is 18.5 Å². The molecule has 2 rings (SSSR count). The first-order valence-electron chi connectivity index (χ1n) is 6.19. The van der Waals surface area contributed by atoms with Gasteiger partial charge in [-0.2, -0.15) is 5.10 Å². The molecule has 0 aliphatic heterocycles. The summed E-state index contributed by atoms with van der Waals surface area (Å²) in [4.78, 5) is 12.4. The van der Waals surface area contributed by atoms with Gasteiger partial charge in [-0.05, 0) is 35.3 Å². The number of aromatic nitrogens is 2. The van der Waals surface area contributed by atoms with E-state index in [2.05, 4.69) is 21.0 Å². The van der Waals surface area contributed by atoms with E-state index >= 15 is 0 Å². The lowest BCUT2D eigenvalue weighted by molar-refractivity contribution is 0.0991. The third kappa shape index (κ3) is 3.11. The van der Waals surface area contributed by atoms with Crippen molar-refractivity contribution in [1.82, 2.24) is 9.78 Å². The highest BCUT2D eigenvalue weighted by Crippen LogP contribution is 2.32. The second-order valence-corrected chi connectivity index (χ2v) is 7.29. The average Bonchev–Trinajstić information content (AvgIpc) is 2.90. The van der Waals surface area contributed by atoms with Crippen LogP contribution >= 0.6 is 50.5 Å². The molecule has 0 N–H and O–H groups in total. The maximum absolute atomic E-state index is 12.4. The Morgan fingerprint density at radius 3 is 2.65 bits per heavy atom. The van der Waals surface area contributed by atoms with Gasteiger partial charge in [-0.3, -0.25) is 9.48 Å². The van der Waals surface area contributed by atoms with Gasteiger partial charge >= 0.3 is 0 Å². The Balaban J connectivity index is 2.32. The molecule has 0 bridgehead atoms. The van der Waals surface area contributed by atoms with Crippen LogP contribution in [-0.4, -0.2) is 15.6 Å². The monoisotopic (exact) mass is 394 g/mol. The lowest BCUT2D eigenvalue weighted by Gasteiger charge is -2.04. The van der Waals surface area contributed by atoms with Crippen molar-refractivity contribution < 1.29 is 4.79 Å². The van der Waals surface area contributed by atoms with Crippen LogP contribution in [0.1, 0.15) is 35.6 Å². The van der Waals surface area contributed by atoms with Crippen LogP contribution in [0.5, 0.6) is 0 Å². The van der Waals surface area contributed by atoms with Crippen molar-refractivity contribution in [2.75, 3.05) is 0 Å². The Hall–Kier alpha value is -0.360. The van der Waals surface area contributed by atoms with Crippen molar-refractivity contribution in [3.63, 3.8) is 0 Å². The molecule has 0 spiro atoms. The quantitative estimate of drug-likeness (QED) is 0.666. The fourth-order valence-electron chi connectivity index (χ4n) is 1.96. The lowest BCUT2D eigenvalue weighted by Crippen LogP contribution is -2.10. The second-order valence-electron chi connectivity index (χ2n) is 4.21. The predicted molar refractivity (Wildman–Crippen MR) is 87.4 cm³/mol. The van der Waals surface area contributed by atoms with Gasteiger partial charge in [0.25, 0.3) is 0 Å². The first kappa shape index (κ1) is 16.0. The number of Topliss-reactive ketones (excluding diaryl/α,β-unsaturated/α-hetero) is 1. The highest BCUT2D eigenvalue weighted by Gasteiger charge is 2.20. The molecule has 2 aromatic heterocycles. The van der Waals surface area contributed by atoms with Crippen molar-refractivity contribution >= 4 is 56.3 Å². The molecule has 20 heavy (non-hydrogen) atoms. The average molecular weight is 396 g/mol. The molecule has 2 aromatic rings. The number of rotatable bonds is 5. The summed E-state index contributed by atoms with van der Waals surface area (Å²) in [6.45, 7) is 4.76. The van der Waals surface area contributed by atoms with Gasteiger partial charge in [0, 0.05) is 12.1 Å². The van der Waals surface area contributed by atoms with E-state index in [-0.39, 0.29) is 12.2 Å². The number of hydrogen-bond acceptors (Lipinski definition) is 3. The maximum atomic E-state index is 12.4. The van der Waals surface area contributed by atoms with Gasteiger partial charge in [-0.15, -0.1) is 11.3 Å². The van der Waals surface area contributed by atoms with Gasteiger partial charge in [0.05, 0.1) is 26.6 Å². The number of nitrogens with zero attached hydrogens (tertiary/aromatic N) is 2. The number of carbonyl (C=O) groups is 1. The molecule has 0 atom stereocenters. The molecule has 3 nitrogen and oxygen atoms in total. The largest absolute Gasteiger partial charge is 0.294 e. The molecule has 0 fully saturated rings. The molecule has 108 valence electrons. The zero-order valence-corrected chi connectivity index (χ0v) is 15.0. The third-order valence-electron chi connectivity index (χ3n) is 2.98. The molecular formula is C13H13BrCl2N2OS. The molecular weight excluding hydrogens is 383 g/mol. The number of ketones is 1. The summed E-state index contributed by atoms with van der Waals surface area (Å²) in [6.07, 6.45) is 1.08. The van der Waals surface area contributed by atoms with Crippen molar-refractivity contribution in [3.8, 4) is 0 Å². The zero-order valence-electron chi connectivity index (χ0n) is 11.0. The van der Waals surface area contributed by atoms with Crippen LogP contribution in [0.2, 0.25) is 8.67 Å². The summed E-state index contributed by atoms with van der Waals surface area (Å²) in [5.41, 5.74) is 2.33. The Bertz CT molecular complexity index is 651. The topological polar surface area (TPSA) is 34.9 Å². The molecule has 7 heteroatoms. The van der Waals surface area contributed by atoms with E-state index < -0.39 is 0 Å². The smallest absolute Gasteiger partial charge is 0.171 e. The third-order valence-corrected chi connectivity index (χ3v) is 5.38. The van der Waals surface area contributed by atoms with Crippen LogP contribution in [0.15, 0.2) is 10.5 Å². The van der Waals surface area contributed by atoms with E-state index in [1.165, 1.54) is 11.3 Å². The van der Waals surface area contributed by atoms with Crippen LogP contribution in [0, 0.1) is 0 Å². The van der Waals surface area contributed by atoms with E-state index in [9.17, 15) is 4.79 Å². The van der Waals surface area contributed by atoms with Gasteiger partial charge in [0.15, 0.2) is 5.78 Å². The van der Waals surface area contributed by atoms with Crippen LogP contribution in [0.4, 0.5) is 0 Å². The van der Waals surface area contributed by atoms with Gasteiger partial charge in [0.2, 0.25) is 0 Å². The van der Waals surface area contributed by atoms with Crippen LogP contribution in [0.25, 0.3) is 0 Å². The van der Waals surface area contributed by atoms with E-state index in [1.54, 1.807) is 6.07 Å². The van der Waals surface area contributed by atoms with E-state index in [0.29, 0.717) is 14.2 Å². The van der Waals surface area contributed by atoms with Crippen molar-refractivity contribution in [3.05, 3.63) is 36.2 Å². The van der Waals surface area contributed by atoms with Crippen LogP contribution in [0.3, 0.4) is 0 Å². The number of hydrogen-bond donors (Lipinski definition) is 0. The Kier molecular flexibility index (Phi) is 5.29. The predicted octanol–water partition coefficient (Wildman–Crippen LogP) is 5.02. The molecule has 0 aliphatic carbocycles. The highest BCUT2D eigenvalue weighted by molar-refractivity contribution is 9.10. The molecule has 0 aliphatic rings. The Morgan fingerprint density at radius 2 is 2.15 bits per heavy atom. The Morgan fingerprint density at radius 1 is 1.45 bits per heavy atom. The Labute approximate surface area is 140 Å². The summed E-state index contributed by atoms with van der Waals surface area (Å²) >= 11 is 16.7. The highest BCUT2D eigenvalue weighted by atomic mass is 79.9. The number of aryl methyl sites for hydroxylation is 2. The summed E-state index contributed by atoms with van der Waals surface area (Å²) in [5.74, 6) is -0.0453. The fraction of sp³-hybridized carbons (Fsp3) is 0.385. The minimum absolute atomic E-state index is 0.0453. The molecule has 0 radical (unpaired) electrons. The molecule has 0 aromatic carbocycles. The first-order valence-corrected chi connectivity index (χ1v) is 8.56. The molecule has 0 saturated carbocycles. The van der Waals surface area contributed by atoms with Crippen molar-refractivity contribution in [2.45, 2.75) is 33.2 Å². The summed E-state index contributed by atoms with van der Waals surface area (Å²) in [7, 11) is 0. The number of thiophene rings is 1. The zero-order chi connectivity index (χ0) is 14.9.